The Balaban J connectivity index is 1.79. The summed E-state index contributed by atoms with van der Waals surface area (Å²) in [4.78, 5) is 68.7. The van der Waals surface area contributed by atoms with Crippen molar-refractivity contribution in [2.75, 3.05) is 6.61 Å². The number of amides is 1. The highest BCUT2D eigenvalue weighted by Crippen LogP contribution is 2.25. The van der Waals surface area contributed by atoms with Crippen LogP contribution >= 0.6 is 11.3 Å². The number of hydrogen-bond acceptors (Lipinski definition) is 11. The molecule has 2 aromatic heterocycles. The van der Waals surface area contributed by atoms with E-state index < -0.39 is 66.5 Å². The summed E-state index contributed by atoms with van der Waals surface area (Å²) in [6.45, 7) is 7.64. The van der Waals surface area contributed by atoms with Crippen molar-refractivity contribution in [1.82, 2.24) is 10.3 Å². The van der Waals surface area contributed by atoms with E-state index in [4.69, 9.17) is 18.9 Å². The molecule has 0 saturated carbocycles. The predicted molar refractivity (Wildman–Crippen MR) is 139 cm³/mol. The summed E-state index contributed by atoms with van der Waals surface area (Å²) in [5.41, 5.74) is 0.254. The van der Waals surface area contributed by atoms with Gasteiger partial charge in [0.25, 0.3) is 5.91 Å². The summed E-state index contributed by atoms with van der Waals surface area (Å²) in [6, 6.07) is 3.78. The van der Waals surface area contributed by atoms with Gasteiger partial charge in [-0.1, -0.05) is 26.8 Å². The van der Waals surface area contributed by atoms with Crippen LogP contribution in [0.4, 0.5) is 0 Å². The minimum absolute atomic E-state index is 0.0109. The van der Waals surface area contributed by atoms with Crippen LogP contribution in [0.5, 0.6) is 5.75 Å². The summed E-state index contributed by atoms with van der Waals surface area (Å²) in [5, 5.41) is 4.30. The molecule has 39 heavy (non-hydrogen) atoms. The molecule has 0 aromatic carbocycles. The Bertz CT molecular complexity index is 1210. The number of hydrogen-bond donors (Lipinski definition) is 1. The summed E-state index contributed by atoms with van der Waals surface area (Å²) < 4.78 is 21.8. The first-order valence-electron chi connectivity index (χ1n) is 12.6. The minimum atomic E-state index is -1.39. The van der Waals surface area contributed by atoms with E-state index in [0.717, 1.165) is 4.88 Å². The molecule has 1 fully saturated rings. The van der Waals surface area contributed by atoms with Gasteiger partial charge < -0.3 is 24.3 Å². The summed E-state index contributed by atoms with van der Waals surface area (Å²) in [7, 11) is 0. The molecule has 0 aliphatic carbocycles. The molecule has 0 bridgehead atoms. The topological polar surface area (TPSA) is 147 Å². The van der Waals surface area contributed by atoms with Gasteiger partial charge in [-0.3, -0.25) is 19.2 Å². The van der Waals surface area contributed by atoms with Gasteiger partial charge in [-0.25, -0.2) is 9.78 Å². The molecule has 1 saturated heterocycles. The van der Waals surface area contributed by atoms with Crippen molar-refractivity contribution in [3.05, 3.63) is 45.9 Å². The Morgan fingerprint density at radius 2 is 1.95 bits per heavy atom. The highest BCUT2D eigenvalue weighted by atomic mass is 32.1. The lowest BCUT2D eigenvalue weighted by Crippen LogP contribution is -2.47. The largest absolute Gasteiger partial charge is 0.463 e. The number of carbonyl (C=O) groups is 5. The fourth-order valence-corrected chi connectivity index (χ4v) is 4.54. The third kappa shape index (κ3) is 7.62. The second-order valence-corrected chi connectivity index (χ2v) is 10.4. The van der Waals surface area contributed by atoms with Crippen LogP contribution in [0.15, 0.2) is 29.8 Å². The highest BCUT2D eigenvalue weighted by Gasteiger charge is 2.41. The number of nitrogens with one attached hydrogen (secondary N) is 1. The number of aromatic nitrogens is 1. The Morgan fingerprint density at radius 3 is 2.59 bits per heavy atom. The third-order valence-corrected chi connectivity index (χ3v) is 6.92. The van der Waals surface area contributed by atoms with Crippen molar-refractivity contribution in [1.29, 1.82) is 0 Å². The van der Waals surface area contributed by atoms with Gasteiger partial charge in [-0.2, -0.15) is 0 Å². The van der Waals surface area contributed by atoms with Crippen LogP contribution in [0.1, 0.15) is 55.0 Å². The molecule has 210 valence electrons. The van der Waals surface area contributed by atoms with Crippen LogP contribution in [-0.2, 0) is 39.8 Å². The average Bonchev–Trinajstić information content (AvgIpc) is 3.40. The SMILES string of the molecule is CCC1C(=O)OCC(NC(=O)c2nccc(C)c2OC(=O)Cc2cccs2)C(=O)OC(C)C1OC(=O)C(C)C. The van der Waals surface area contributed by atoms with E-state index in [9.17, 15) is 24.0 Å². The molecule has 1 amide bonds. The summed E-state index contributed by atoms with van der Waals surface area (Å²) in [5.74, 6) is -4.95. The zero-order valence-electron chi connectivity index (χ0n) is 22.4. The van der Waals surface area contributed by atoms with Crippen LogP contribution < -0.4 is 10.1 Å². The fraction of sp³-hybridized carbons (Fsp3) is 0.481. The van der Waals surface area contributed by atoms with Gasteiger partial charge in [0, 0.05) is 11.1 Å². The molecule has 3 heterocycles. The first kappa shape index (κ1) is 29.8. The predicted octanol–water partition coefficient (Wildman–Crippen LogP) is 2.78. The van der Waals surface area contributed by atoms with Gasteiger partial charge in [0.1, 0.15) is 12.7 Å². The van der Waals surface area contributed by atoms with Gasteiger partial charge in [-0.15, -0.1) is 11.3 Å². The number of thiophene rings is 1. The molecular formula is C27H32N2O9S. The molecule has 11 nitrogen and oxygen atoms in total. The molecule has 4 atom stereocenters. The number of ether oxygens (including phenoxy) is 4. The molecular weight excluding hydrogens is 528 g/mol. The maximum absolute atomic E-state index is 13.2. The molecule has 12 heteroatoms. The van der Waals surface area contributed by atoms with E-state index >= 15 is 0 Å². The van der Waals surface area contributed by atoms with Crippen molar-refractivity contribution >= 4 is 41.1 Å². The lowest BCUT2D eigenvalue weighted by molar-refractivity contribution is -0.176. The molecule has 1 N–H and O–H groups in total. The van der Waals surface area contributed by atoms with E-state index in [1.165, 1.54) is 24.5 Å². The standard InChI is InChI=1S/C27H32N2O9S/c1-6-18-23(38-25(32)14(2)3)16(5)36-27(34)19(13-35-26(18)33)29-24(31)21-22(15(4)9-10-28-21)37-20(30)12-17-8-7-11-39-17/h7-11,14,16,18-19,23H,6,12-13H2,1-5H3,(H,29,31). The molecule has 0 radical (unpaired) electrons. The Kier molecular flexibility index (Phi) is 10.2. The Hall–Kier alpha value is -3.80. The van der Waals surface area contributed by atoms with Crippen LogP contribution in [0.3, 0.4) is 0 Å². The number of pyridine rings is 1. The summed E-state index contributed by atoms with van der Waals surface area (Å²) >= 11 is 1.40. The van der Waals surface area contributed by atoms with Crippen LogP contribution in [0.25, 0.3) is 0 Å². The lowest BCUT2D eigenvalue weighted by atomic mass is 9.95. The quantitative estimate of drug-likeness (QED) is 0.377. The normalized spacial score (nSPS) is 21.6. The van der Waals surface area contributed by atoms with E-state index in [2.05, 4.69) is 10.3 Å². The molecule has 1 aliphatic rings. The Labute approximate surface area is 230 Å². The van der Waals surface area contributed by atoms with Crippen molar-refractivity contribution < 1.29 is 42.9 Å². The highest BCUT2D eigenvalue weighted by molar-refractivity contribution is 7.10. The van der Waals surface area contributed by atoms with E-state index in [1.807, 2.05) is 11.4 Å². The molecule has 2 aromatic rings. The molecule has 0 spiro atoms. The van der Waals surface area contributed by atoms with E-state index in [1.54, 1.807) is 39.8 Å². The monoisotopic (exact) mass is 560 g/mol. The van der Waals surface area contributed by atoms with Crippen LogP contribution in [-0.4, -0.2) is 59.6 Å². The first-order chi connectivity index (χ1) is 18.5. The molecule has 3 rings (SSSR count). The van der Waals surface area contributed by atoms with Crippen LogP contribution in [0.2, 0.25) is 0 Å². The average molecular weight is 561 g/mol. The van der Waals surface area contributed by atoms with Gasteiger partial charge in [0.2, 0.25) is 0 Å². The summed E-state index contributed by atoms with van der Waals surface area (Å²) in [6.07, 6.45) is -0.424. The number of nitrogens with zero attached hydrogens (tertiary/aromatic N) is 1. The number of aryl methyl sites for hydroxylation is 1. The fourth-order valence-electron chi connectivity index (χ4n) is 3.85. The number of esters is 4. The second kappa shape index (κ2) is 13.3. The van der Waals surface area contributed by atoms with Crippen LogP contribution in [0, 0.1) is 18.8 Å². The Morgan fingerprint density at radius 1 is 1.21 bits per heavy atom. The number of cyclic esters (lactones) is 2. The molecule has 1 aliphatic heterocycles. The van der Waals surface area contributed by atoms with Crippen molar-refractivity contribution in [3.8, 4) is 5.75 Å². The maximum atomic E-state index is 13.2. The minimum Gasteiger partial charge on any atom is -0.463 e. The van der Waals surface area contributed by atoms with Crippen molar-refractivity contribution in [2.45, 2.75) is 65.7 Å². The maximum Gasteiger partial charge on any atom is 0.332 e. The number of carbonyl (C=O) groups excluding carboxylic acids is 5. The lowest BCUT2D eigenvalue weighted by Gasteiger charge is -2.29. The smallest absolute Gasteiger partial charge is 0.332 e. The van der Waals surface area contributed by atoms with Crippen molar-refractivity contribution in [3.63, 3.8) is 0 Å². The zero-order chi connectivity index (χ0) is 28.7. The van der Waals surface area contributed by atoms with Gasteiger partial charge in [0.15, 0.2) is 23.6 Å². The van der Waals surface area contributed by atoms with Gasteiger partial charge >= 0.3 is 23.9 Å². The van der Waals surface area contributed by atoms with E-state index in [0.29, 0.717) is 5.56 Å². The number of rotatable bonds is 8. The van der Waals surface area contributed by atoms with Gasteiger partial charge in [-0.05, 0) is 43.3 Å². The van der Waals surface area contributed by atoms with Crippen molar-refractivity contribution in [2.24, 2.45) is 11.8 Å². The zero-order valence-corrected chi connectivity index (χ0v) is 23.2. The van der Waals surface area contributed by atoms with E-state index in [-0.39, 0.29) is 24.3 Å². The third-order valence-electron chi connectivity index (χ3n) is 6.04. The first-order valence-corrected chi connectivity index (χ1v) is 13.5. The second-order valence-electron chi connectivity index (χ2n) is 9.40. The molecule has 4 unspecified atom stereocenters. The van der Waals surface area contributed by atoms with Gasteiger partial charge in [0.05, 0.1) is 18.3 Å².